The molecule has 3 aliphatic rings. The molecule has 3 aliphatic heterocycles. The van der Waals surface area contributed by atoms with Crippen LogP contribution in [0.4, 0.5) is 0 Å². The first-order chi connectivity index (χ1) is 13.9. The van der Waals surface area contributed by atoms with Gasteiger partial charge in [0, 0.05) is 11.5 Å². The van der Waals surface area contributed by atoms with Crippen LogP contribution in [0.1, 0.15) is 53.4 Å². The van der Waals surface area contributed by atoms with Crippen LogP contribution in [0.25, 0.3) is 0 Å². The molecule has 2 fully saturated rings. The molecule has 30 heavy (non-hydrogen) atoms. The summed E-state index contributed by atoms with van der Waals surface area (Å²) in [6.45, 7) is 17.5. The van der Waals surface area contributed by atoms with Crippen LogP contribution < -0.4 is 0 Å². The van der Waals surface area contributed by atoms with Crippen molar-refractivity contribution in [3.05, 3.63) is 23.3 Å². The first kappa shape index (κ1) is 23.6. The van der Waals surface area contributed by atoms with Crippen LogP contribution in [0.3, 0.4) is 0 Å². The first-order valence-electron chi connectivity index (χ1n) is 10.8. The Hall–Kier alpha value is -1.09. The van der Waals surface area contributed by atoms with Crippen LogP contribution >= 0.6 is 11.8 Å². The minimum Gasteiger partial charge on any atom is -0.477 e. The summed E-state index contributed by atoms with van der Waals surface area (Å²) in [7, 11) is -2.11. The smallest absolute Gasteiger partial charge is 0.353 e. The number of aliphatic carboxylic acids is 1. The van der Waals surface area contributed by atoms with E-state index in [1.54, 1.807) is 6.08 Å². The van der Waals surface area contributed by atoms with Crippen LogP contribution in [0.2, 0.25) is 18.1 Å². The number of carboxylic acid groups (broad SMARTS) is 1. The highest BCUT2D eigenvalue weighted by molar-refractivity contribution is 8.04. The average molecular weight is 454 g/mol. The van der Waals surface area contributed by atoms with E-state index in [0.717, 1.165) is 12.8 Å². The van der Waals surface area contributed by atoms with E-state index in [2.05, 4.69) is 40.4 Å². The van der Waals surface area contributed by atoms with Gasteiger partial charge in [0.1, 0.15) is 10.6 Å². The third kappa shape index (κ3) is 3.59. The number of hydrogen-bond acceptors (Lipinski definition) is 5. The quantitative estimate of drug-likeness (QED) is 0.325. The number of carboxylic acids is 1. The van der Waals surface area contributed by atoms with Gasteiger partial charge in [0.2, 0.25) is 5.91 Å². The van der Waals surface area contributed by atoms with Crippen molar-refractivity contribution in [3.63, 3.8) is 0 Å². The van der Waals surface area contributed by atoms with E-state index in [1.165, 1.54) is 16.7 Å². The van der Waals surface area contributed by atoms with Crippen LogP contribution in [0.5, 0.6) is 0 Å². The van der Waals surface area contributed by atoms with E-state index >= 15 is 0 Å². The van der Waals surface area contributed by atoms with E-state index in [-0.39, 0.29) is 28.9 Å². The molecule has 1 amide bonds. The molecule has 1 unspecified atom stereocenters. The molecular formula is C22H35NO5SSi. The lowest BCUT2D eigenvalue weighted by molar-refractivity contribution is -0.166. The molecule has 0 aromatic rings. The lowest BCUT2D eigenvalue weighted by Crippen LogP contribution is -2.71. The number of nitrogens with zero attached hydrogens (tertiary/aromatic N) is 1. The van der Waals surface area contributed by atoms with Crippen molar-refractivity contribution >= 4 is 32.0 Å². The molecule has 4 atom stereocenters. The maximum Gasteiger partial charge on any atom is 0.353 e. The number of ether oxygens (including phenoxy) is 1. The van der Waals surface area contributed by atoms with Crippen molar-refractivity contribution in [3.8, 4) is 0 Å². The summed E-state index contributed by atoms with van der Waals surface area (Å²) in [5.74, 6) is -1.61. The third-order valence-corrected chi connectivity index (χ3v) is 13.1. The van der Waals surface area contributed by atoms with Gasteiger partial charge in [0.05, 0.1) is 18.1 Å². The molecule has 0 aliphatic carbocycles. The summed E-state index contributed by atoms with van der Waals surface area (Å²) in [5, 5.41) is 9.99. The van der Waals surface area contributed by atoms with Gasteiger partial charge in [-0.25, -0.2) is 4.79 Å². The van der Waals surface area contributed by atoms with Gasteiger partial charge in [-0.2, -0.15) is 0 Å². The van der Waals surface area contributed by atoms with Gasteiger partial charge in [0.25, 0.3) is 0 Å². The summed E-state index contributed by atoms with van der Waals surface area (Å²) in [6, 6.07) is 0. The van der Waals surface area contributed by atoms with E-state index < -0.39 is 25.1 Å². The van der Waals surface area contributed by atoms with Crippen molar-refractivity contribution in [2.24, 2.45) is 5.92 Å². The van der Waals surface area contributed by atoms with Gasteiger partial charge < -0.3 is 14.3 Å². The molecule has 0 saturated carbocycles. The van der Waals surface area contributed by atoms with Gasteiger partial charge in [-0.1, -0.05) is 45.5 Å². The fourth-order valence-electron chi connectivity index (χ4n) is 4.41. The Balaban J connectivity index is 1.98. The molecule has 1 N–H and O–H groups in total. The fraction of sp³-hybridized carbons (Fsp3) is 0.727. The van der Waals surface area contributed by atoms with Crippen LogP contribution in [0, 0.1) is 5.92 Å². The van der Waals surface area contributed by atoms with Crippen molar-refractivity contribution in [2.45, 2.75) is 88.6 Å². The Labute approximate surface area is 185 Å². The zero-order valence-corrected chi connectivity index (χ0v) is 20.8. The maximum atomic E-state index is 13.4. The highest BCUT2D eigenvalue weighted by Gasteiger charge is 2.69. The van der Waals surface area contributed by atoms with Gasteiger partial charge in [-0.05, 0) is 43.8 Å². The minimum atomic E-state index is -2.11. The normalized spacial score (nSPS) is 30.3. The predicted octanol–water partition coefficient (Wildman–Crippen LogP) is 4.74. The van der Waals surface area contributed by atoms with Gasteiger partial charge in [0.15, 0.2) is 8.32 Å². The standard InChI is InChI=1S/C22H35NO5SSi/c1-8-12-22-16(14(9-2)28-30(6,7)21(3,4)5)19(24)23(22)17(20(25)26)18(29-22)15-11-10-13-27-15/h8,14-16H,1,9-13H2,2-7H3,(H,25,26)/t14-,15?,16+,22+/m0/s1. The van der Waals surface area contributed by atoms with Crippen molar-refractivity contribution in [1.29, 1.82) is 0 Å². The van der Waals surface area contributed by atoms with Crippen molar-refractivity contribution < 1.29 is 23.9 Å². The second-order valence-corrected chi connectivity index (χ2v) is 16.0. The SMILES string of the molecule is C=CC[C@]12SC(C3CCCO3)=C(C(=O)O)N1C(=O)[C@H]2[C@H](CC)O[Si](C)(C)C(C)(C)C. The number of carbonyl (C=O) groups excluding carboxylic acids is 1. The molecule has 0 bridgehead atoms. The van der Waals surface area contributed by atoms with Crippen molar-refractivity contribution in [1.82, 2.24) is 4.90 Å². The Bertz CT molecular complexity index is 768. The Morgan fingerprint density at radius 1 is 1.50 bits per heavy atom. The van der Waals surface area contributed by atoms with Crippen LogP contribution in [-0.4, -0.2) is 53.9 Å². The van der Waals surface area contributed by atoms with Crippen LogP contribution in [-0.2, 0) is 18.8 Å². The highest BCUT2D eigenvalue weighted by Crippen LogP contribution is 2.63. The first-order valence-corrected chi connectivity index (χ1v) is 14.5. The van der Waals surface area contributed by atoms with E-state index in [0.29, 0.717) is 24.4 Å². The molecule has 0 radical (unpaired) electrons. The predicted molar refractivity (Wildman–Crippen MR) is 121 cm³/mol. The summed E-state index contributed by atoms with van der Waals surface area (Å²) >= 11 is 1.50. The topological polar surface area (TPSA) is 76.1 Å². The molecule has 168 valence electrons. The molecule has 0 aromatic carbocycles. The second-order valence-electron chi connectivity index (χ2n) is 9.94. The van der Waals surface area contributed by atoms with Crippen molar-refractivity contribution in [2.75, 3.05) is 6.61 Å². The highest BCUT2D eigenvalue weighted by atomic mass is 32.2. The van der Waals surface area contributed by atoms with E-state index in [4.69, 9.17) is 9.16 Å². The van der Waals surface area contributed by atoms with Gasteiger partial charge >= 0.3 is 5.97 Å². The van der Waals surface area contributed by atoms with E-state index in [1.807, 2.05) is 6.92 Å². The summed E-state index contributed by atoms with van der Waals surface area (Å²) < 4.78 is 12.5. The zero-order chi connectivity index (χ0) is 22.5. The lowest BCUT2D eigenvalue weighted by Gasteiger charge is -2.56. The molecule has 8 heteroatoms. The second kappa shape index (κ2) is 8.11. The summed E-state index contributed by atoms with van der Waals surface area (Å²) in [4.78, 5) is 27.1. The Morgan fingerprint density at radius 3 is 2.63 bits per heavy atom. The average Bonchev–Trinajstić information content (AvgIpc) is 3.25. The summed E-state index contributed by atoms with van der Waals surface area (Å²) in [6.07, 6.45) is 4.19. The number of thioether (sulfide) groups is 1. The molecule has 3 rings (SSSR count). The monoisotopic (exact) mass is 453 g/mol. The number of amides is 1. The number of rotatable bonds is 8. The van der Waals surface area contributed by atoms with Crippen LogP contribution in [0.15, 0.2) is 23.3 Å². The summed E-state index contributed by atoms with van der Waals surface area (Å²) in [5.41, 5.74) is 0.0946. The largest absolute Gasteiger partial charge is 0.477 e. The minimum absolute atomic E-state index is 0.0225. The number of β-lactam (4-membered cyclic amide) rings is 1. The third-order valence-electron chi connectivity index (χ3n) is 6.98. The molecule has 6 nitrogen and oxygen atoms in total. The zero-order valence-electron chi connectivity index (χ0n) is 19.0. The van der Waals surface area contributed by atoms with E-state index in [9.17, 15) is 14.7 Å². The Kier molecular flexibility index (Phi) is 6.37. The number of carbonyl (C=O) groups is 2. The number of hydrogen-bond donors (Lipinski definition) is 1. The number of fused-ring (bicyclic) bond motifs is 1. The van der Waals surface area contributed by atoms with Gasteiger partial charge in [-0.3, -0.25) is 9.69 Å². The fourth-order valence-corrected chi connectivity index (χ4v) is 7.65. The molecular weight excluding hydrogens is 418 g/mol. The van der Waals surface area contributed by atoms with Gasteiger partial charge in [-0.15, -0.1) is 6.58 Å². The molecule has 0 spiro atoms. The molecule has 2 saturated heterocycles. The maximum absolute atomic E-state index is 13.4. The Morgan fingerprint density at radius 2 is 2.17 bits per heavy atom. The molecule has 0 aromatic heterocycles. The lowest BCUT2D eigenvalue weighted by atomic mass is 9.78. The molecule has 3 heterocycles.